The van der Waals surface area contributed by atoms with Crippen LogP contribution in [0, 0.1) is 29.5 Å². The van der Waals surface area contributed by atoms with Crippen LogP contribution < -0.4 is 10.6 Å². The van der Waals surface area contributed by atoms with Gasteiger partial charge in [-0.15, -0.1) is 0 Å². The lowest BCUT2D eigenvalue weighted by Gasteiger charge is -2.41. The minimum absolute atomic E-state index is 0.0340. The van der Waals surface area contributed by atoms with E-state index in [0.717, 1.165) is 5.56 Å². The normalized spacial score (nSPS) is 17.7. The van der Waals surface area contributed by atoms with Crippen molar-refractivity contribution < 1.29 is 52.5 Å². The van der Waals surface area contributed by atoms with Gasteiger partial charge >= 0.3 is 12.1 Å². The molecule has 2 aromatic rings. The minimum atomic E-state index is -1.28. The van der Waals surface area contributed by atoms with E-state index in [-0.39, 0.29) is 49.0 Å². The standard InChI is InChI=1S/C47H70FN5O10/c1-12-30(6)41(51(8)45(57)39(28(2)3)50-44(56)40(29(4)5)52(9)47(60)63-27-33-17-14-13-15-18-33)37(61-10)26-38(54)53-24-16-19-36(53)42(62-11)31(7)43(55)49-35(46(58)59)25-32-20-22-34(48)23-21-32/h13-15,17-18,20-23,28-31,35-37,39-42H,12,16,19,24-27H2,1-11H3,(H,49,55)(H,50,56)(H,58,59)/t30?,31?,35?,36-,37?,39?,40?,41?,42?/m0/s1. The van der Waals surface area contributed by atoms with Crippen LogP contribution in [0.5, 0.6) is 0 Å². The number of nitrogens with zero attached hydrogens (tertiary/aromatic N) is 3. The van der Waals surface area contributed by atoms with Crippen molar-refractivity contribution in [3.8, 4) is 0 Å². The van der Waals surface area contributed by atoms with Crippen molar-refractivity contribution in [3.05, 3.63) is 71.5 Å². The summed E-state index contributed by atoms with van der Waals surface area (Å²) >= 11 is 0. The van der Waals surface area contributed by atoms with Gasteiger partial charge < -0.3 is 39.8 Å². The molecule has 3 N–H and O–H groups in total. The molecule has 9 atom stereocenters. The van der Waals surface area contributed by atoms with E-state index in [1.54, 1.807) is 23.8 Å². The number of halogens is 1. The minimum Gasteiger partial charge on any atom is -0.480 e. The van der Waals surface area contributed by atoms with Gasteiger partial charge in [-0.3, -0.25) is 24.1 Å². The summed E-state index contributed by atoms with van der Waals surface area (Å²) in [7, 11) is 6.08. The molecule has 3 rings (SSSR count). The third-order valence-electron chi connectivity index (χ3n) is 12.3. The van der Waals surface area contributed by atoms with Crippen LogP contribution in [-0.2, 0) is 51.2 Å². The summed E-state index contributed by atoms with van der Waals surface area (Å²) in [6, 6.07) is 10.3. The van der Waals surface area contributed by atoms with E-state index in [4.69, 9.17) is 14.2 Å². The van der Waals surface area contributed by atoms with Gasteiger partial charge in [0.05, 0.1) is 36.6 Å². The molecule has 1 aliphatic rings. The number of rotatable bonds is 23. The number of carboxylic acids is 1. The van der Waals surface area contributed by atoms with Crippen molar-refractivity contribution in [2.24, 2.45) is 23.7 Å². The van der Waals surface area contributed by atoms with Gasteiger partial charge in [0.25, 0.3) is 0 Å². The second-order valence-corrected chi connectivity index (χ2v) is 17.4. The van der Waals surface area contributed by atoms with Crippen LogP contribution >= 0.6 is 0 Å². The number of likely N-dealkylation sites (N-methyl/N-ethyl adjacent to an activating group) is 2. The fourth-order valence-electron chi connectivity index (χ4n) is 8.50. The summed E-state index contributed by atoms with van der Waals surface area (Å²) in [5, 5.41) is 15.4. The van der Waals surface area contributed by atoms with E-state index in [0.29, 0.717) is 31.4 Å². The Balaban J connectivity index is 1.77. The maximum absolute atomic E-state index is 14.5. The summed E-state index contributed by atoms with van der Waals surface area (Å²) in [6.07, 6.45) is -0.544. The highest BCUT2D eigenvalue weighted by Gasteiger charge is 2.44. The zero-order valence-corrected chi connectivity index (χ0v) is 38.8. The van der Waals surface area contributed by atoms with Gasteiger partial charge in [0.2, 0.25) is 23.6 Å². The van der Waals surface area contributed by atoms with Crippen molar-refractivity contribution in [3.63, 3.8) is 0 Å². The molecule has 1 fully saturated rings. The number of hydrogen-bond donors (Lipinski definition) is 3. The molecule has 350 valence electrons. The van der Waals surface area contributed by atoms with Crippen molar-refractivity contribution >= 4 is 35.7 Å². The SMILES string of the molecule is CCC(C)C(C(CC(=O)N1CCC[C@H]1C(OC)C(C)C(=O)NC(Cc1ccc(F)cc1)C(=O)O)OC)N(C)C(=O)C(NC(=O)C(C(C)C)N(C)C(=O)OCc1ccccc1)C(C)C. The van der Waals surface area contributed by atoms with Crippen molar-refractivity contribution in [1.82, 2.24) is 25.3 Å². The second-order valence-electron chi connectivity index (χ2n) is 17.4. The van der Waals surface area contributed by atoms with E-state index in [9.17, 15) is 38.3 Å². The summed E-state index contributed by atoms with van der Waals surface area (Å²) < 4.78 is 30.8. The lowest BCUT2D eigenvalue weighted by molar-refractivity contribution is -0.148. The van der Waals surface area contributed by atoms with E-state index in [2.05, 4.69) is 10.6 Å². The van der Waals surface area contributed by atoms with Gasteiger partial charge in [-0.2, -0.15) is 0 Å². The fraction of sp³-hybridized carbons (Fsp3) is 0.617. The molecular formula is C47H70FN5O10. The summed E-state index contributed by atoms with van der Waals surface area (Å²) in [5.74, 6) is -5.09. The molecule has 5 amide bonds. The second kappa shape index (κ2) is 24.7. The van der Waals surface area contributed by atoms with E-state index >= 15 is 0 Å². The average Bonchev–Trinajstić information content (AvgIpc) is 3.74. The van der Waals surface area contributed by atoms with Crippen LogP contribution in [0.1, 0.15) is 85.3 Å². The highest BCUT2D eigenvalue weighted by atomic mass is 19.1. The number of carbonyl (C=O) groups is 6. The Morgan fingerprint density at radius 2 is 1.48 bits per heavy atom. The van der Waals surface area contributed by atoms with Gasteiger partial charge in [0.1, 0.15) is 30.5 Å². The third-order valence-corrected chi connectivity index (χ3v) is 12.3. The van der Waals surface area contributed by atoms with Crippen LogP contribution in [0.2, 0.25) is 0 Å². The number of carbonyl (C=O) groups excluding carboxylic acids is 5. The summed E-state index contributed by atoms with van der Waals surface area (Å²) in [5.41, 5.74) is 1.34. The monoisotopic (exact) mass is 884 g/mol. The molecule has 1 saturated heterocycles. The Hall–Kier alpha value is -5.09. The highest BCUT2D eigenvalue weighted by Crippen LogP contribution is 2.30. The first-order valence-electron chi connectivity index (χ1n) is 21.9. The predicted molar refractivity (Wildman–Crippen MR) is 236 cm³/mol. The average molecular weight is 884 g/mol. The number of amides is 5. The molecular weight excluding hydrogens is 814 g/mol. The number of benzene rings is 2. The predicted octanol–water partition coefficient (Wildman–Crippen LogP) is 5.29. The molecule has 15 nitrogen and oxygen atoms in total. The third kappa shape index (κ3) is 14.2. The van der Waals surface area contributed by atoms with Crippen molar-refractivity contribution in [2.75, 3.05) is 34.9 Å². The van der Waals surface area contributed by atoms with E-state index < -0.39 is 78.0 Å². The zero-order valence-electron chi connectivity index (χ0n) is 38.8. The van der Waals surface area contributed by atoms with Crippen molar-refractivity contribution in [2.45, 2.75) is 130 Å². The molecule has 0 aromatic heterocycles. The van der Waals surface area contributed by atoms with Crippen LogP contribution in [-0.4, -0.2) is 133 Å². The Morgan fingerprint density at radius 1 is 0.841 bits per heavy atom. The first-order valence-corrected chi connectivity index (χ1v) is 21.9. The molecule has 1 aliphatic heterocycles. The van der Waals surface area contributed by atoms with Crippen LogP contribution in [0.3, 0.4) is 0 Å². The first kappa shape index (κ1) is 52.3. The lowest BCUT2D eigenvalue weighted by Crippen LogP contribution is -2.60. The Bertz CT molecular complexity index is 1810. The van der Waals surface area contributed by atoms with E-state index in [1.807, 2.05) is 71.9 Å². The Labute approximate surface area is 372 Å². The molecule has 0 saturated carbocycles. The Morgan fingerprint density at radius 3 is 2.02 bits per heavy atom. The highest BCUT2D eigenvalue weighted by molar-refractivity contribution is 5.92. The molecule has 63 heavy (non-hydrogen) atoms. The van der Waals surface area contributed by atoms with E-state index in [1.165, 1.54) is 50.4 Å². The van der Waals surface area contributed by atoms with Crippen LogP contribution in [0.25, 0.3) is 0 Å². The number of aliphatic carboxylic acids is 1. The first-order chi connectivity index (χ1) is 29.8. The summed E-state index contributed by atoms with van der Waals surface area (Å²) in [6.45, 7) is 13.3. The molecule has 1 heterocycles. The Kier molecular flexibility index (Phi) is 20.5. The van der Waals surface area contributed by atoms with Crippen LogP contribution in [0.4, 0.5) is 9.18 Å². The van der Waals surface area contributed by atoms with Gasteiger partial charge in [-0.05, 0) is 53.9 Å². The quantitative estimate of drug-likeness (QED) is 0.133. The number of nitrogens with one attached hydrogen (secondary N) is 2. The molecule has 16 heteroatoms. The largest absolute Gasteiger partial charge is 0.480 e. The number of carboxylic acid groups (broad SMARTS) is 1. The zero-order chi connectivity index (χ0) is 47.1. The van der Waals surface area contributed by atoms with Gasteiger partial charge in [-0.25, -0.2) is 14.0 Å². The molecule has 8 unspecified atom stereocenters. The maximum atomic E-state index is 14.5. The summed E-state index contributed by atoms with van der Waals surface area (Å²) in [4.78, 5) is 86.1. The van der Waals surface area contributed by atoms with Crippen LogP contribution in [0.15, 0.2) is 54.6 Å². The maximum Gasteiger partial charge on any atom is 0.410 e. The smallest absolute Gasteiger partial charge is 0.410 e. The van der Waals surface area contributed by atoms with Gasteiger partial charge in [-0.1, -0.05) is 97.4 Å². The number of likely N-dealkylation sites (tertiary alicyclic amines) is 1. The molecule has 0 spiro atoms. The number of methoxy groups -OCH3 is 2. The van der Waals surface area contributed by atoms with Gasteiger partial charge in [0, 0.05) is 41.3 Å². The fourth-order valence-corrected chi connectivity index (χ4v) is 8.50. The topological polar surface area (TPSA) is 184 Å². The number of ether oxygens (including phenoxy) is 3. The lowest BCUT2D eigenvalue weighted by atomic mass is 9.89. The molecule has 0 aliphatic carbocycles. The molecule has 0 bridgehead atoms. The molecule has 2 aromatic carbocycles. The van der Waals surface area contributed by atoms with Crippen molar-refractivity contribution in [1.29, 1.82) is 0 Å². The molecule has 0 radical (unpaired) electrons. The number of hydrogen-bond acceptors (Lipinski definition) is 9. The van der Waals surface area contributed by atoms with Gasteiger partial charge in [0.15, 0.2) is 0 Å².